The molecule has 1 N–H and O–H groups in total. The Morgan fingerprint density at radius 3 is 2.56 bits per heavy atom. The Kier molecular flexibility index (Phi) is 5.95. The fourth-order valence-corrected chi connectivity index (χ4v) is 1.85. The number of hydrogen-bond donors (Lipinski definition) is 1. The van der Waals surface area contributed by atoms with Crippen LogP contribution in [0.5, 0.6) is 0 Å². The summed E-state index contributed by atoms with van der Waals surface area (Å²) < 4.78 is 5.03. The van der Waals surface area contributed by atoms with E-state index in [1.807, 2.05) is 24.0 Å². The Labute approximate surface area is 112 Å². The van der Waals surface area contributed by atoms with Gasteiger partial charge in [-0.2, -0.15) is 0 Å². The number of nitrogens with zero attached hydrogens (tertiary/aromatic N) is 1. The largest absolute Gasteiger partial charge is 0.480 e. The van der Waals surface area contributed by atoms with Gasteiger partial charge in [0, 0.05) is 30.5 Å². The molecule has 1 aromatic rings. The lowest BCUT2D eigenvalue weighted by Gasteiger charge is -2.29. The Bertz CT molecular complexity index is 380. The molecule has 1 unspecified atom stereocenters. The molecule has 0 spiro atoms. The smallest absolute Gasteiger partial charge is 0.323 e. The van der Waals surface area contributed by atoms with E-state index in [4.69, 9.17) is 21.4 Å². The summed E-state index contributed by atoms with van der Waals surface area (Å²) in [7, 11) is 1.64. The van der Waals surface area contributed by atoms with Crippen molar-refractivity contribution in [3.05, 3.63) is 29.3 Å². The van der Waals surface area contributed by atoms with E-state index in [1.165, 1.54) is 0 Å². The van der Waals surface area contributed by atoms with E-state index in [0.29, 0.717) is 11.6 Å². The van der Waals surface area contributed by atoms with Crippen molar-refractivity contribution in [1.82, 2.24) is 0 Å². The molecule has 0 aliphatic carbocycles. The summed E-state index contributed by atoms with van der Waals surface area (Å²) in [6.07, 6.45) is 0.770. The molecule has 0 saturated carbocycles. The Balaban J connectivity index is 2.82. The van der Waals surface area contributed by atoms with Crippen LogP contribution in [0.1, 0.15) is 13.3 Å². The molecular weight excluding hydrogens is 254 g/mol. The van der Waals surface area contributed by atoms with Crippen LogP contribution in [0.15, 0.2) is 24.3 Å². The third-order valence-electron chi connectivity index (χ3n) is 2.74. The summed E-state index contributed by atoms with van der Waals surface area (Å²) in [5.41, 5.74) is 0.852. The molecule has 1 rings (SSSR count). The minimum atomic E-state index is -0.853. The van der Waals surface area contributed by atoms with Crippen molar-refractivity contribution in [2.75, 3.05) is 25.2 Å². The lowest BCUT2D eigenvalue weighted by molar-refractivity contribution is -0.135. The second-order valence-corrected chi connectivity index (χ2v) is 4.56. The van der Waals surface area contributed by atoms with E-state index < -0.39 is 5.97 Å². The molecule has 18 heavy (non-hydrogen) atoms. The number of methoxy groups -OCH3 is 1. The third-order valence-corrected chi connectivity index (χ3v) is 2.99. The Morgan fingerprint density at radius 2 is 2.06 bits per heavy atom. The van der Waals surface area contributed by atoms with Gasteiger partial charge in [-0.25, -0.2) is 0 Å². The number of halogens is 1. The molecule has 1 atom stereocenters. The van der Waals surface area contributed by atoms with Crippen molar-refractivity contribution in [3.63, 3.8) is 0 Å². The minimum absolute atomic E-state index is 0.0352. The van der Waals surface area contributed by atoms with E-state index in [2.05, 4.69) is 0 Å². The van der Waals surface area contributed by atoms with E-state index in [9.17, 15) is 4.79 Å². The summed E-state index contributed by atoms with van der Waals surface area (Å²) in [4.78, 5) is 12.8. The van der Waals surface area contributed by atoms with Crippen molar-refractivity contribution in [2.45, 2.75) is 19.4 Å². The van der Waals surface area contributed by atoms with Gasteiger partial charge in [-0.15, -0.1) is 0 Å². The molecule has 0 heterocycles. The number of ether oxygens (including phenoxy) is 1. The van der Waals surface area contributed by atoms with Crippen LogP contribution in [0.4, 0.5) is 5.69 Å². The molecule has 0 saturated heterocycles. The van der Waals surface area contributed by atoms with Gasteiger partial charge in [0.15, 0.2) is 0 Å². The molecule has 0 aliphatic rings. The first-order chi connectivity index (χ1) is 8.54. The molecule has 0 aliphatic heterocycles. The normalized spacial score (nSPS) is 12.2. The van der Waals surface area contributed by atoms with Crippen molar-refractivity contribution in [2.24, 2.45) is 0 Å². The first kappa shape index (κ1) is 14.8. The summed E-state index contributed by atoms with van der Waals surface area (Å²) >= 11 is 5.83. The topological polar surface area (TPSA) is 49.8 Å². The molecule has 100 valence electrons. The second kappa shape index (κ2) is 7.24. The van der Waals surface area contributed by atoms with Gasteiger partial charge in [0.05, 0.1) is 0 Å². The van der Waals surface area contributed by atoms with Crippen molar-refractivity contribution >= 4 is 23.3 Å². The SMILES string of the molecule is COCCC(C)N(CC(=O)O)c1ccc(Cl)cc1. The lowest BCUT2D eigenvalue weighted by atomic mass is 10.1. The van der Waals surface area contributed by atoms with Gasteiger partial charge in [-0.3, -0.25) is 4.79 Å². The third kappa shape index (κ3) is 4.55. The molecule has 0 fully saturated rings. The highest BCUT2D eigenvalue weighted by Crippen LogP contribution is 2.21. The maximum atomic E-state index is 10.9. The van der Waals surface area contributed by atoms with E-state index in [0.717, 1.165) is 12.1 Å². The van der Waals surface area contributed by atoms with Crippen LogP contribution < -0.4 is 4.90 Å². The molecule has 0 aromatic heterocycles. The standard InChI is InChI=1S/C13H18ClNO3/c1-10(7-8-18-2)15(9-13(16)17)12-5-3-11(14)4-6-12/h3-6,10H,7-9H2,1-2H3,(H,16,17). The lowest BCUT2D eigenvalue weighted by Crippen LogP contribution is -2.38. The predicted molar refractivity (Wildman–Crippen MR) is 72.4 cm³/mol. The van der Waals surface area contributed by atoms with Crippen molar-refractivity contribution < 1.29 is 14.6 Å². The maximum Gasteiger partial charge on any atom is 0.323 e. The highest BCUT2D eigenvalue weighted by atomic mass is 35.5. The molecule has 0 amide bonds. The molecular formula is C13H18ClNO3. The molecule has 4 nitrogen and oxygen atoms in total. The number of carboxylic acid groups (broad SMARTS) is 1. The van der Waals surface area contributed by atoms with Crippen LogP contribution in [0, 0.1) is 0 Å². The number of carbonyl (C=O) groups is 1. The summed E-state index contributed by atoms with van der Waals surface area (Å²) in [5.74, 6) is -0.853. The fourth-order valence-electron chi connectivity index (χ4n) is 1.72. The number of hydrogen-bond acceptors (Lipinski definition) is 3. The summed E-state index contributed by atoms with van der Waals surface area (Å²) in [6.45, 7) is 2.55. The van der Waals surface area contributed by atoms with Crippen molar-refractivity contribution in [1.29, 1.82) is 0 Å². The van der Waals surface area contributed by atoms with Crippen LogP contribution in [-0.4, -0.2) is 37.4 Å². The number of carboxylic acids is 1. The highest BCUT2D eigenvalue weighted by Gasteiger charge is 2.17. The minimum Gasteiger partial charge on any atom is -0.480 e. The first-order valence-electron chi connectivity index (χ1n) is 5.77. The monoisotopic (exact) mass is 271 g/mol. The van der Waals surface area contributed by atoms with Gasteiger partial charge in [0.25, 0.3) is 0 Å². The van der Waals surface area contributed by atoms with E-state index >= 15 is 0 Å². The number of anilines is 1. The van der Waals surface area contributed by atoms with E-state index in [-0.39, 0.29) is 12.6 Å². The highest BCUT2D eigenvalue weighted by molar-refractivity contribution is 6.30. The van der Waals surface area contributed by atoms with Gasteiger partial charge in [0.2, 0.25) is 0 Å². The zero-order valence-corrected chi connectivity index (χ0v) is 11.4. The van der Waals surface area contributed by atoms with Gasteiger partial charge in [-0.1, -0.05) is 11.6 Å². The van der Waals surface area contributed by atoms with Crippen LogP contribution in [0.3, 0.4) is 0 Å². The number of rotatable bonds is 7. The van der Waals surface area contributed by atoms with E-state index in [1.54, 1.807) is 19.2 Å². The molecule has 1 aromatic carbocycles. The molecule has 5 heteroatoms. The predicted octanol–water partition coefficient (Wildman–Crippen LogP) is 2.66. The average molecular weight is 272 g/mol. The van der Waals surface area contributed by atoms with Gasteiger partial charge < -0.3 is 14.7 Å². The number of aliphatic carboxylic acids is 1. The average Bonchev–Trinajstić information content (AvgIpc) is 2.34. The first-order valence-corrected chi connectivity index (χ1v) is 6.15. The van der Waals surface area contributed by atoms with Crippen LogP contribution in [0.2, 0.25) is 5.02 Å². The fraction of sp³-hybridized carbons (Fsp3) is 0.462. The Hall–Kier alpha value is -1.26. The molecule has 0 radical (unpaired) electrons. The van der Waals surface area contributed by atoms with Gasteiger partial charge >= 0.3 is 5.97 Å². The van der Waals surface area contributed by atoms with Gasteiger partial charge in [-0.05, 0) is 37.6 Å². The quantitative estimate of drug-likeness (QED) is 0.828. The zero-order chi connectivity index (χ0) is 13.5. The van der Waals surface area contributed by atoms with Crippen LogP contribution in [0.25, 0.3) is 0 Å². The zero-order valence-electron chi connectivity index (χ0n) is 10.6. The van der Waals surface area contributed by atoms with Crippen LogP contribution in [-0.2, 0) is 9.53 Å². The van der Waals surface area contributed by atoms with Gasteiger partial charge in [0.1, 0.15) is 6.54 Å². The summed E-state index contributed by atoms with van der Waals surface area (Å²) in [5, 5.41) is 9.61. The summed E-state index contributed by atoms with van der Waals surface area (Å²) in [6, 6.07) is 7.26. The number of benzene rings is 1. The van der Waals surface area contributed by atoms with Crippen LogP contribution >= 0.6 is 11.6 Å². The van der Waals surface area contributed by atoms with Crippen molar-refractivity contribution in [3.8, 4) is 0 Å². The maximum absolute atomic E-state index is 10.9. The Morgan fingerprint density at radius 1 is 1.44 bits per heavy atom. The second-order valence-electron chi connectivity index (χ2n) is 4.13. The molecule has 0 bridgehead atoms.